The Morgan fingerprint density at radius 1 is 1.04 bits per heavy atom. The molecule has 0 aliphatic heterocycles. The van der Waals surface area contributed by atoms with Crippen molar-refractivity contribution in [3.63, 3.8) is 0 Å². The van der Waals surface area contributed by atoms with Crippen LogP contribution in [0.3, 0.4) is 0 Å². The topological polar surface area (TPSA) is 38.3 Å². The van der Waals surface area contributed by atoms with Gasteiger partial charge in [-0.15, -0.1) is 0 Å². The van der Waals surface area contributed by atoms with Crippen LogP contribution in [0.1, 0.15) is 25.0 Å². The van der Waals surface area contributed by atoms with E-state index >= 15 is 0 Å². The summed E-state index contributed by atoms with van der Waals surface area (Å²) in [6.07, 6.45) is 0.283. The SMILES string of the molecule is CCc1cccc(C)c1NC(=O)[C@H](C)Oc1cccc2ccccc12. The maximum absolute atomic E-state index is 12.6. The number of ether oxygens (including phenoxy) is 1. The summed E-state index contributed by atoms with van der Waals surface area (Å²) in [4.78, 5) is 12.6. The van der Waals surface area contributed by atoms with E-state index in [1.165, 1.54) is 0 Å². The second kappa shape index (κ2) is 7.39. The minimum Gasteiger partial charge on any atom is -0.480 e. The fraction of sp³-hybridized carbons (Fsp3) is 0.227. The zero-order valence-corrected chi connectivity index (χ0v) is 14.9. The Labute approximate surface area is 148 Å². The van der Waals surface area contributed by atoms with Crippen LogP contribution < -0.4 is 10.1 Å². The number of para-hydroxylation sites is 1. The van der Waals surface area contributed by atoms with Gasteiger partial charge in [0, 0.05) is 11.1 Å². The van der Waals surface area contributed by atoms with E-state index in [-0.39, 0.29) is 5.91 Å². The number of rotatable bonds is 5. The molecule has 3 aromatic carbocycles. The Kier molecular flexibility index (Phi) is 5.03. The van der Waals surface area contributed by atoms with Crippen LogP contribution in [0.2, 0.25) is 0 Å². The molecule has 3 rings (SSSR count). The molecule has 0 spiro atoms. The predicted molar refractivity (Wildman–Crippen MR) is 103 cm³/mol. The average molecular weight is 333 g/mol. The third-order valence-electron chi connectivity index (χ3n) is 4.41. The molecule has 128 valence electrons. The van der Waals surface area contributed by atoms with Crippen LogP contribution in [0, 0.1) is 6.92 Å². The fourth-order valence-electron chi connectivity index (χ4n) is 2.97. The molecule has 3 heteroatoms. The maximum atomic E-state index is 12.6. The summed E-state index contributed by atoms with van der Waals surface area (Å²) in [6.45, 7) is 5.87. The summed E-state index contributed by atoms with van der Waals surface area (Å²) in [5.41, 5.74) is 3.08. The summed E-state index contributed by atoms with van der Waals surface area (Å²) in [5, 5.41) is 5.14. The van der Waals surface area contributed by atoms with Gasteiger partial charge < -0.3 is 10.1 Å². The van der Waals surface area contributed by atoms with Crippen LogP contribution in [0.5, 0.6) is 5.75 Å². The van der Waals surface area contributed by atoms with Crippen LogP contribution in [-0.4, -0.2) is 12.0 Å². The smallest absolute Gasteiger partial charge is 0.265 e. The lowest BCUT2D eigenvalue weighted by Gasteiger charge is -2.18. The minimum atomic E-state index is -0.588. The normalized spacial score (nSPS) is 12.0. The number of carbonyl (C=O) groups excluding carboxylic acids is 1. The number of hydrogen-bond donors (Lipinski definition) is 1. The molecule has 1 atom stereocenters. The van der Waals surface area contributed by atoms with Gasteiger partial charge in [-0.2, -0.15) is 0 Å². The number of hydrogen-bond acceptors (Lipinski definition) is 2. The van der Waals surface area contributed by atoms with Crippen molar-refractivity contribution in [3.8, 4) is 5.75 Å². The number of carbonyl (C=O) groups is 1. The van der Waals surface area contributed by atoms with Gasteiger partial charge in [0.25, 0.3) is 5.91 Å². The molecule has 0 radical (unpaired) electrons. The molecular formula is C22H23NO2. The Hall–Kier alpha value is -2.81. The van der Waals surface area contributed by atoms with Crippen molar-refractivity contribution in [2.24, 2.45) is 0 Å². The first-order valence-electron chi connectivity index (χ1n) is 8.64. The summed E-state index contributed by atoms with van der Waals surface area (Å²) in [7, 11) is 0. The van der Waals surface area contributed by atoms with Gasteiger partial charge in [0.1, 0.15) is 5.75 Å². The molecule has 0 saturated heterocycles. The first kappa shape index (κ1) is 17.0. The van der Waals surface area contributed by atoms with Crippen LogP contribution in [-0.2, 0) is 11.2 Å². The van der Waals surface area contributed by atoms with Gasteiger partial charge in [-0.25, -0.2) is 0 Å². The van der Waals surface area contributed by atoms with E-state index in [0.717, 1.165) is 39.8 Å². The lowest BCUT2D eigenvalue weighted by molar-refractivity contribution is -0.122. The highest BCUT2D eigenvalue weighted by Gasteiger charge is 2.18. The molecule has 3 nitrogen and oxygen atoms in total. The summed E-state index contributed by atoms with van der Waals surface area (Å²) >= 11 is 0. The first-order valence-corrected chi connectivity index (χ1v) is 8.64. The van der Waals surface area contributed by atoms with Gasteiger partial charge in [0.2, 0.25) is 0 Å². The third-order valence-corrected chi connectivity index (χ3v) is 4.41. The Morgan fingerprint density at radius 3 is 2.56 bits per heavy atom. The lowest BCUT2D eigenvalue weighted by Crippen LogP contribution is -2.30. The summed E-state index contributed by atoms with van der Waals surface area (Å²) in [6, 6.07) is 19.9. The molecule has 0 unspecified atom stereocenters. The second-order valence-corrected chi connectivity index (χ2v) is 6.19. The quantitative estimate of drug-likeness (QED) is 0.704. The highest BCUT2D eigenvalue weighted by molar-refractivity contribution is 5.96. The van der Waals surface area contributed by atoms with Crippen LogP contribution in [0.15, 0.2) is 60.7 Å². The highest BCUT2D eigenvalue weighted by Crippen LogP contribution is 2.27. The second-order valence-electron chi connectivity index (χ2n) is 6.19. The Bertz CT molecular complexity index is 896. The van der Waals surface area contributed by atoms with E-state index in [1.54, 1.807) is 6.92 Å². The molecule has 0 aliphatic rings. The highest BCUT2D eigenvalue weighted by atomic mass is 16.5. The lowest BCUT2D eigenvalue weighted by atomic mass is 10.1. The number of anilines is 1. The molecule has 0 aliphatic carbocycles. The largest absolute Gasteiger partial charge is 0.480 e. The molecule has 1 amide bonds. The molecule has 3 aromatic rings. The Balaban J connectivity index is 1.79. The zero-order valence-electron chi connectivity index (χ0n) is 14.9. The first-order chi connectivity index (χ1) is 12.1. The molecule has 0 heterocycles. The van der Waals surface area contributed by atoms with E-state index < -0.39 is 6.10 Å². The van der Waals surface area contributed by atoms with Gasteiger partial charge in [0.15, 0.2) is 6.10 Å². The van der Waals surface area contributed by atoms with Crippen molar-refractivity contribution in [3.05, 3.63) is 71.8 Å². The van der Waals surface area contributed by atoms with Gasteiger partial charge >= 0.3 is 0 Å². The molecule has 0 fully saturated rings. The minimum absolute atomic E-state index is 0.142. The summed E-state index contributed by atoms with van der Waals surface area (Å²) < 4.78 is 5.96. The van der Waals surface area contributed by atoms with Crippen molar-refractivity contribution < 1.29 is 9.53 Å². The van der Waals surface area contributed by atoms with Gasteiger partial charge in [-0.05, 0) is 42.8 Å². The van der Waals surface area contributed by atoms with E-state index in [1.807, 2.05) is 67.6 Å². The monoisotopic (exact) mass is 333 g/mol. The number of fused-ring (bicyclic) bond motifs is 1. The number of amides is 1. The van der Waals surface area contributed by atoms with Crippen LogP contribution in [0.25, 0.3) is 10.8 Å². The maximum Gasteiger partial charge on any atom is 0.265 e. The number of benzene rings is 3. The Morgan fingerprint density at radius 2 is 1.76 bits per heavy atom. The molecule has 0 aromatic heterocycles. The van der Waals surface area contributed by atoms with Gasteiger partial charge in [0.05, 0.1) is 0 Å². The van der Waals surface area contributed by atoms with Crippen molar-refractivity contribution in [2.75, 3.05) is 5.32 Å². The fourth-order valence-corrected chi connectivity index (χ4v) is 2.97. The molecule has 25 heavy (non-hydrogen) atoms. The van der Waals surface area contributed by atoms with E-state index in [2.05, 4.69) is 12.2 Å². The number of aryl methyl sites for hydroxylation is 2. The van der Waals surface area contributed by atoms with E-state index in [4.69, 9.17) is 4.74 Å². The van der Waals surface area contributed by atoms with Crippen molar-refractivity contribution in [2.45, 2.75) is 33.3 Å². The average Bonchev–Trinajstić information content (AvgIpc) is 2.63. The van der Waals surface area contributed by atoms with Crippen molar-refractivity contribution >= 4 is 22.4 Å². The van der Waals surface area contributed by atoms with Gasteiger partial charge in [-0.1, -0.05) is 61.5 Å². The molecule has 0 saturated carbocycles. The molecule has 0 bridgehead atoms. The molecule has 1 N–H and O–H groups in total. The van der Waals surface area contributed by atoms with Crippen molar-refractivity contribution in [1.82, 2.24) is 0 Å². The van der Waals surface area contributed by atoms with Crippen LogP contribution in [0.4, 0.5) is 5.69 Å². The van der Waals surface area contributed by atoms with Crippen molar-refractivity contribution in [1.29, 1.82) is 0 Å². The molecular weight excluding hydrogens is 310 g/mol. The van der Waals surface area contributed by atoms with E-state index in [0.29, 0.717) is 0 Å². The van der Waals surface area contributed by atoms with Gasteiger partial charge in [-0.3, -0.25) is 4.79 Å². The van der Waals surface area contributed by atoms with E-state index in [9.17, 15) is 4.79 Å². The third kappa shape index (κ3) is 3.66. The standard InChI is InChI=1S/C22H23NO2/c1-4-17-11-7-9-15(2)21(17)23-22(24)16(3)25-20-14-8-12-18-10-5-6-13-19(18)20/h5-14,16H,4H2,1-3H3,(H,23,24)/t16-/m0/s1. The number of nitrogens with one attached hydrogen (secondary N) is 1. The zero-order chi connectivity index (χ0) is 17.8. The van der Waals surface area contributed by atoms with Crippen LogP contribution >= 0.6 is 0 Å². The predicted octanol–water partition coefficient (Wildman–Crippen LogP) is 5.12. The summed E-state index contributed by atoms with van der Waals surface area (Å²) in [5.74, 6) is 0.582.